The molecular formula is C25H27N7. The minimum absolute atomic E-state index is 0.588. The van der Waals surface area contributed by atoms with Gasteiger partial charge < -0.3 is 19.8 Å². The Morgan fingerprint density at radius 2 is 1.97 bits per heavy atom. The van der Waals surface area contributed by atoms with Crippen LogP contribution in [0.4, 0.5) is 5.82 Å². The lowest BCUT2D eigenvalue weighted by Crippen LogP contribution is -2.24. The zero-order valence-corrected chi connectivity index (χ0v) is 18.1. The van der Waals surface area contributed by atoms with Crippen LogP contribution in [0.5, 0.6) is 0 Å². The van der Waals surface area contributed by atoms with E-state index in [0.717, 1.165) is 53.3 Å². The van der Waals surface area contributed by atoms with Gasteiger partial charge >= 0.3 is 0 Å². The highest BCUT2D eigenvalue weighted by molar-refractivity contribution is 5.94. The molecular weight excluding hydrogens is 398 g/mol. The highest BCUT2D eigenvalue weighted by Gasteiger charge is 2.31. The van der Waals surface area contributed by atoms with Gasteiger partial charge in [0.2, 0.25) is 0 Å². The summed E-state index contributed by atoms with van der Waals surface area (Å²) in [5, 5.41) is 3.37. The molecule has 0 amide bonds. The predicted molar refractivity (Wildman–Crippen MR) is 127 cm³/mol. The van der Waals surface area contributed by atoms with E-state index >= 15 is 0 Å². The normalized spacial score (nSPS) is 21.3. The van der Waals surface area contributed by atoms with Crippen LogP contribution in [0.25, 0.3) is 33.3 Å². The minimum atomic E-state index is 0.588. The molecule has 3 aromatic heterocycles. The Kier molecular flexibility index (Phi) is 4.04. The van der Waals surface area contributed by atoms with Gasteiger partial charge in [-0.05, 0) is 48.4 Å². The second-order valence-electron chi connectivity index (χ2n) is 9.48. The maximum absolute atomic E-state index is 4.87. The molecule has 0 bridgehead atoms. The van der Waals surface area contributed by atoms with E-state index in [1.807, 2.05) is 6.33 Å². The van der Waals surface area contributed by atoms with Crippen LogP contribution in [-0.4, -0.2) is 44.1 Å². The van der Waals surface area contributed by atoms with Crippen LogP contribution >= 0.6 is 0 Å². The molecule has 2 N–H and O–H groups in total. The molecule has 2 fully saturated rings. The Labute approximate surface area is 186 Å². The third-order valence-electron chi connectivity index (χ3n) is 7.55. The minimum Gasteiger partial charge on any atom is -0.390 e. The van der Waals surface area contributed by atoms with Gasteiger partial charge in [0.15, 0.2) is 5.65 Å². The number of H-pyrrole nitrogens is 1. The van der Waals surface area contributed by atoms with Gasteiger partial charge in [0, 0.05) is 37.2 Å². The number of aromatic nitrogens is 5. The van der Waals surface area contributed by atoms with Crippen LogP contribution in [0.15, 0.2) is 48.7 Å². The van der Waals surface area contributed by atoms with Crippen molar-refractivity contribution in [3.05, 3.63) is 48.7 Å². The molecule has 7 heteroatoms. The molecule has 32 heavy (non-hydrogen) atoms. The lowest BCUT2D eigenvalue weighted by molar-refractivity contribution is 0.359. The maximum atomic E-state index is 4.87. The maximum Gasteiger partial charge on any atom is 0.180 e. The van der Waals surface area contributed by atoms with Gasteiger partial charge in [-0.1, -0.05) is 25.3 Å². The Balaban J connectivity index is 1.29. The fraction of sp³-hybridized carbons (Fsp3) is 0.400. The summed E-state index contributed by atoms with van der Waals surface area (Å²) < 4.78 is 2.40. The summed E-state index contributed by atoms with van der Waals surface area (Å²) in [5.74, 6) is 1.60. The monoisotopic (exact) mass is 425 g/mol. The van der Waals surface area contributed by atoms with Crippen LogP contribution in [0.2, 0.25) is 0 Å². The first-order chi connectivity index (χ1) is 15.8. The molecule has 0 spiro atoms. The van der Waals surface area contributed by atoms with Gasteiger partial charge in [-0.2, -0.15) is 0 Å². The summed E-state index contributed by atoms with van der Waals surface area (Å²) in [5.41, 5.74) is 7.83. The van der Waals surface area contributed by atoms with Gasteiger partial charge in [0.05, 0.1) is 29.2 Å². The van der Waals surface area contributed by atoms with Gasteiger partial charge in [0.1, 0.15) is 5.82 Å². The van der Waals surface area contributed by atoms with E-state index in [-0.39, 0.29) is 0 Å². The van der Waals surface area contributed by atoms with Crippen LogP contribution in [0.1, 0.15) is 38.1 Å². The molecule has 1 aromatic carbocycles. The molecule has 1 saturated heterocycles. The fourth-order valence-corrected chi connectivity index (χ4v) is 5.81. The predicted octanol–water partition coefficient (Wildman–Crippen LogP) is 4.40. The lowest BCUT2D eigenvalue weighted by Gasteiger charge is -2.23. The fourth-order valence-electron chi connectivity index (χ4n) is 5.81. The number of rotatable bonds is 3. The van der Waals surface area contributed by atoms with Crippen LogP contribution in [-0.2, 0) is 0 Å². The van der Waals surface area contributed by atoms with Crippen molar-refractivity contribution in [2.24, 2.45) is 5.92 Å². The highest BCUT2D eigenvalue weighted by atomic mass is 15.2. The Bertz CT molecular complexity index is 1340. The standard InChI is InChI=1S/C25H27N7/c1-2-4-19(5-3-1)32-15-29-21-8-16(6-7-22(21)32)20-9-23(30-25-24(20)27-14-28-25)31-12-17-10-26-11-18(17)13-31/h6-10,14-15,18-19,26H,1-5,11-13H2,(H,27,28,30). The van der Waals surface area contributed by atoms with E-state index < -0.39 is 0 Å². The average molecular weight is 426 g/mol. The zero-order valence-electron chi connectivity index (χ0n) is 18.1. The van der Waals surface area contributed by atoms with Crippen molar-refractivity contribution in [3.63, 3.8) is 0 Å². The SMILES string of the molecule is C1=C2CN(c3cc(-c4ccc5c(c4)ncn5C4CCCCC4)c4[nH]cnc4n3)CC2CN1. The number of imidazole rings is 2. The lowest BCUT2D eigenvalue weighted by atomic mass is 9.95. The number of benzene rings is 1. The molecule has 7 rings (SSSR count). The van der Waals surface area contributed by atoms with Crippen molar-refractivity contribution in [2.75, 3.05) is 24.5 Å². The van der Waals surface area contributed by atoms with E-state index in [0.29, 0.717) is 12.0 Å². The second-order valence-corrected chi connectivity index (χ2v) is 9.48. The first-order valence-electron chi connectivity index (χ1n) is 11.8. The van der Waals surface area contributed by atoms with Crippen LogP contribution in [0, 0.1) is 5.92 Å². The van der Waals surface area contributed by atoms with E-state index in [4.69, 9.17) is 9.97 Å². The summed E-state index contributed by atoms with van der Waals surface area (Å²) in [6, 6.07) is 9.50. The molecule has 1 atom stereocenters. The summed E-state index contributed by atoms with van der Waals surface area (Å²) in [4.78, 5) is 19.8. The topological polar surface area (TPSA) is 74.7 Å². The number of nitrogens with one attached hydrogen (secondary N) is 2. The number of anilines is 1. The van der Waals surface area contributed by atoms with E-state index in [1.165, 1.54) is 43.2 Å². The number of nitrogens with zero attached hydrogens (tertiary/aromatic N) is 5. The van der Waals surface area contributed by atoms with Crippen molar-refractivity contribution in [3.8, 4) is 11.1 Å². The molecule has 3 aliphatic rings. The summed E-state index contributed by atoms with van der Waals surface area (Å²) in [6.07, 6.45) is 12.5. The summed E-state index contributed by atoms with van der Waals surface area (Å²) in [7, 11) is 0. The second kappa shape index (κ2) is 7.08. The van der Waals surface area contributed by atoms with Gasteiger partial charge in [0.25, 0.3) is 0 Å². The molecule has 2 aliphatic heterocycles. The molecule has 1 unspecified atom stereocenters. The van der Waals surface area contributed by atoms with Crippen molar-refractivity contribution < 1.29 is 0 Å². The summed E-state index contributed by atoms with van der Waals surface area (Å²) >= 11 is 0. The van der Waals surface area contributed by atoms with Crippen molar-refractivity contribution in [1.82, 2.24) is 29.8 Å². The molecule has 5 heterocycles. The molecule has 162 valence electrons. The Hall–Kier alpha value is -3.35. The number of pyridine rings is 1. The van der Waals surface area contributed by atoms with Crippen LogP contribution in [0.3, 0.4) is 0 Å². The Morgan fingerprint density at radius 1 is 1.03 bits per heavy atom. The van der Waals surface area contributed by atoms with Crippen molar-refractivity contribution in [2.45, 2.75) is 38.1 Å². The first-order valence-corrected chi connectivity index (χ1v) is 11.8. The molecule has 4 aromatic rings. The number of fused-ring (bicyclic) bond motifs is 3. The van der Waals surface area contributed by atoms with Gasteiger partial charge in [-0.15, -0.1) is 0 Å². The molecule has 0 radical (unpaired) electrons. The average Bonchev–Trinajstić information content (AvgIpc) is 3.61. The van der Waals surface area contributed by atoms with E-state index in [1.54, 1.807) is 6.33 Å². The Morgan fingerprint density at radius 3 is 2.88 bits per heavy atom. The molecule has 1 saturated carbocycles. The van der Waals surface area contributed by atoms with Crippen LogP contribution < -0.4 is 10.2 Å². The quantitative estimate of drug-likeness (QED) is 0.509. The highest BCUT2D eigenvalue weighted by Crippen LogP contribution is 2.36. The van der Waals surface area contributed by atoms with Crippen molar-refractivity contribution >= 4 is 28.0 Å². The zero-order chi connectivity index (χ0) is 21.1. The third-order valence-corrected chi connectivity index (χ3v) is 7.55. The third kappa shape index (κ3) is 2.83. The smallest absolute Gasteiger partial charge is 0.180 e. The van der Waals surface area contributed by atoms with Gasteiger partial charge in [-0.25, -0.2) is 15.0 Å². The molecule has 7 nitrogen and oxygen atoms in total. The number of aromatic amines is 1. The van der Waals surface area contributed by atoms with Gasteiger partial charge in [-0.3, -0.25) is 0 Å². The number of hydrogen-bond acceptors (Lipinski definition) is 5. The number of hydrogen-bond donors (Lipinski definition) is 2. The van der Waals surface area contributed by atoms with Crippen molar-refractivity contribution in [1.29, 1.82) is 0 Å². The summed E-state index contributed by atoms with van der Waals surface area (Å²) in [6.45, 7) is 2.97. The van der Waals surface area contributed by atoms with E-state index in [9.17, 15) is 0 Å². The largest absolute Gasteiger partial charge is 0.390 e. The first kappa shape index (κ1) is 18.2. The van der Waals surface area contributed by atoms with E-state index in [2.05, 4.69) is 55.2 Å². The molecule has 1 aliphatic carbocycles.